The highest BCUT2D eigenvalue weighted by molar-refractivity contribution is 9.09. The molecule has 102 valence electrons. The largest absolute Gasteiger partial charge is 0.253 e. The molecule has 0 bridgehead atoms. The number of aromatic nitrogens is 1. The topological polar surface area (TPSA) is 62.0 Å². The van der Waals surface area contributed by atoms with E-state index < -0.39 is 0 Å². The molecule has 0 spiro atoms. The summed E-state index contributed by atoms with van der Waals surface area (Å²) in [5, 5.41) is 15.0. The van der Waals surface area contributed by atoms with Crippen LogP contribution in [-0.4, -0.2) is 28.6 Å². The Balaban J connectivity index is 1.63. The molecule has 0 amide bonds. The van der Waals surface area contributed by atoms with E-state index in [9.17, 15) is 0 Å². The number of benzene rings is 1. The van der Waals surface area contributed by atoms with E-state index >= 15 is 0 Å². The maximum atomic E-state index is 4.49. The van der Waals surface area contributed by atoms with Crippen LogP contribution in [0.2, 0.25) is 0 Å². The van der Waals surface area contributed by atoms with Crippen molar-refractivity contribution in [3.8, 4) is 11.3 Å². The molecule has 1 aromatic carbocycles. The van der Waals surface area contributed by atoms with Gasteiger partial charge < -0.3 is 0 Å². The maximum absolute atomic E-state index is 4.49. The molecular formula is C13H12BrN5S. The van der Waals surface area contributed by atoms with Crippen LogP contribution in [0.1, 0.15) is 0 Å². The lowest BCUT2D eigenvalue weighted by Gasteiger charge is -2.02. The fourth-order valence-electron chi connectivity index (χ4n) is 1.76. The third kappa shape index (κ3) is 3.10. The van der Waals surface area contributed by atoms with Crippen LogP contribution in [0.25, 0.3) is 11.3 Å². The number of nitrogens with one attached hydrogen (secondary N) is 1. The number of hydrazone groups is 1. The van der Waals surface area contributed by atoms with Gasteiger partial charge in [0.05, 0.1) is 23.3 Å². The van der Waals surface area contributed by atoms with E-state index in [2.05, 4.69) is 41.7 Å². The fourth-order valence-corrected chi connectivity index (χ4v) is 2.80. The van der Waals surface area contributed by atoms with E-state index in [-0.39, 0.29) is 10.9 Å². The molecule has 20 heavy (non-hydrogen) atoms. The van der Waals surface area contributed by atoms with Gasteiger partial charge in [0, 0.05) is 10.9 Å². The van der Waals surface area contributed by atoms with E-state index in [0.29, 0.717) is 6.54 Å². The molecule has 2 aromatic rings. The Bertz CT molecular complexity index is 625. The van der Waals surface area contributed by atoms with Gasteiger partial charge in [-0.25, -0.2) is 4.98 Å². The zero-order chi connectivity index (χ0) is 13.8. The number of rotatable bonds is 4. The summed E-state index contributed by atoms with van der Waals surface area (Å²) in [6.45, 7) is 0.700. The van der Waals surface area contributed by atoms with Crippen LogP contribution in [0, 0.1) is 0 Å². The summed E-state index contributed by atoms with van der Waals surface area (Å²) in [6, 6.07) is 10.1. The van der Waals surface area contributed by atoms with Crippen molar-refractivity contribution < 1.29 is 0 Å². The molecule has 2 atom stereocenters. The molecule has 5 nitrogen and oxygen atoms in total. The minimum Gasteiger partial charge on any atom is -0.253 e. The zero-order valence-corrected chi connectivity index (χ0v) is 12.9. The van der Waals surface area contributed by atoms with E-state index in [1.165, 1.54) is 11.3 Å². The molecule has 1 aliphatic heterocycles. The average Bonchev–Trinajstić information content (AvgIpc) is 3.10. The van der Waals surface area contributed by atoms with Gasteiger partial charge in [-0.2, -0.15) is 15.3 Å². The third-order valence-electron chi connectivity index (χ3n) is 2.80. The number of halogens is 1. The second kappa shape index (κ2) is 6.23. The summed E-state index contributed by atoms with van der Waals surface area (Å²) in [6.07, 6.45) is 1.75. The first kappa shape index (κ1) is 13.4. The molecule has 0 fully saturated rings. The van der Waals surface area contributed by atoms with E-state index in [1.54, 1.807) is 6.21 Å². The lowest BCUT2D eigenvalue weighted by molar-refractivity contribution is 0.916. The van der Waals surface area contributed by atoms with Crippen LogP contribution in [-0.2, 0) is 0 Å². The number of azo groups is 1. The molecule has 1 N–H and O–H groups in total. The quantitative estimate of drug-likeness (QED) is 0.518. The van der Waals surface area contributed by atoms with Crippen molar-refractivity contribution in [1.29, 1.82) is 0 Å². The highest BCUT2D eigenvalue weighted by Crippen LogP contribution is 2.24. The van der Waals surface area contributed by atoms with Crippen LogP contribution in [0.3, 0.4) is 0 Å². The smallest absolute Gasteiger partial charge is 0.203 e. The summed E-state index contributed by atoms with van der Waals surface area (Å²) in [5.74, 6) is 0. The lowest BCUT2D eigenvalue weighted by atomic mass is 10.2. The van der Waals surface area contributed by atoms with Crippen molar-refractivity contribution in [2.75, 3.05) is 12.0 Å². The first-order chi connectivity index (χ1) is 9.83. The van der Waals surface area contributed by atoms with Crippen molar-refractivity contribution in [2.24, 2.45) is 15.3 Å². The molecule has 0 radical (unpaired) electrons. The van der Waals surface area contributed by atoms with Crippen LogP contribution in [0.15, 0.2) is 51.0 Å². The predicted molar refractivity (Wildman–Crippen MR) is 85.9 cm³/mol. The fraction of sp³-hybridized carbons (Fsp3) is 0.231. The van der Waals surface area contributed by atoms with Crippen molar-refractivity contribution in [3.05, 3.63) is 35.7 Å². The molecular weight excluding hydrogens is 338 g/mol. The highest BCUT2D eigenvalue weighted by Gasteiger charge is 2.20. The predicted octanol–water partition coefficient (Wildman–Crippen LogP) is 3.81. The summed E-state index contributed by atoms with van der Waals surface area (Å²) in [4.78, 5) is 4.73. The third-order valence-corrected chi connectivity index (χ3v) is 4.38. The summed E-state index contributed by atoms with van der Waals surface area (Å²) < 4.78 is 0. The maximum Gasteiger partial charge on any atom is 0.203 e. The van der Waals surface area contributed by atoms with Crippen LogP contribution < -0.4 is 5.43 Å². The Labute approximate surface area is 129 Å². The van der Waals surface area contributed by atoms with Crippen molar-refractivity contribution in [2.45, 2.75) is 10.9 Å². The van der Waals surface area contributed by atoms with Crippen LogP contribution >= 0.6 is 27.3 Å². The Morgan fingerprint density at radius 1 is 1.35 bits per heavy atom. The Kier molecular flexibility index (Phi) is 4.17. The van der Waals surface area contributed by atoms with Gasteiger partial charge in [0.15, 0.2) is 0 Å². The number of thiazole rings is 1. The second-order valence-corrected chi connectivity index (χ2v) is 6.27. The molecule has 1 aromatic heterocycles. The van der Waals surface area contributed by atoms with Gasteiger partial charge in [-0.15, -0.1) is 11.3 Å². The standard InChI is InChI=1S/C13H12BrN5S/c14-10-6-15-18-11(10)7-16-19-13-17-12(8-20-13)9-4-2-1-3-5-9/h1-5,7-8,10-11H,6H2,(H,17,19)/b16-7-. The van der Waals surface area contributed by atoms with Crippen molar-refractivity contribution >= 4 is 38.6 Å². The molecule has 1 aliphatic rings. The summed E-state index contributed by atoms with van der Waals surface area (Å²) in [5.41, 5.74) is 4.99. The Morgan fingerprint density at radius 3 is 2.95 bits per heavy atom. The molecule has 0 aliphatic carbocycles. The minimum atomic E-state index is -0.00365. The van der Waals surface area contributed by atoms with Gasteiger partial charge in [-0.05, 0) is 0 Å². The Hall–Kier alpha value is -1.60. The van der Waals surface area contributed by atoms with Gasteiger partial charge in [0.2, 0.25) is 5.13 Å². The minimum absolute atomic E-state index is 0.00365. The zero-order valence-electron chi connectivity index (χ0n) is 10.5. The van der Waals surface area contributed by atoms with Gasteiger partial charge in [-0.1, -0.05) is 46.3 Å². The van der Waals surface area contributed by atoms with Gasteiger partial charge in [-0.3, -0.25) is 5.43 Å². The van der Waals surface area contributed by atoms with E-state index in [1.807, 2.05) is 35.7 Å². The highest BCUT2D eigenvalue weighted by atomic mass is 79.9. The number of hydrogen-bond donors (Lipinski definition) is 1. The summed E-state index contributed by atoms with van der Waals surface area (Å²) in [7, 11) is 0. The molecule has 0 saturated heterocycles. The van der Waals surface area contributed by atoms with Crippen molar-refractivity contribution in [1.82, 2.24) is 4.98 Å². The van der Waals surface area contributed by atoms with Gasteiger partial charge >= 0.3 is 0 Å². The van der Waals surface area contributed by atoms with Crippen LogP contribution in [0.4, 0.5) is 5.13 Å². The molecule has 2 unspecified atom stereocenters. The number of alkyl halides is 1. The molecule has 7 heteroatoms. The van der Waals surface area contributed by atoms with Gasteiger partial charge in [0.25, 0.3) is 0 Å². The number of anilines is 1. The Morgan fingerprint density at radius 2 is 2.20 bits per heavy atom. The lowest BCUT2D eigenvalue weighted by Crippen LogP contribution is -2.17. The molecule has 2 heterocycles. The number of hydrogen-bond acceptors (Lipinski definition) is 6. The monoisotopic (exact) mass is 349 g/mol. The van der Waals surface area contributed by atoms with E-state index in [4.69, 9.17) is 0 Å². The first-order valence-electron chi connectivity index (χ1n) is 6.14. The van der Waals surface area contributed by atoms with Crippen LogP contribution in [0.5, 0.6) is 0 Å². The second-order valence-electron chi connectivity index (χ2n) is 4.24. The van der Waals surface area contributed by atoms with Gasteiger partial charge in [0.1, 0.15) is 6.04 Å². The molecule has 0 saturated carbocycles. The normalized spacial score (nSPS) is 21.6. The summed E-state index contributed by atoms with van der Waals surface area (Å²) >= 11 is 5.03. The first-order valence-corrected chi connectivity index (χ1v) is 7.93. The van der Waals surface area contributed by atoms with E-state index in [0.717, 1.165) is 16.4 Å². The SMILES string of the molecule is BrC1CN=NC1/C=N\Nc1nc(-c2ccccc2)cs1. The average molecular weight is 350 g/mol. The van der Waals surface area contributed by atoms with Crippen molar-refractivity contribution in [3.63, 3.8) is 0 Å². The molecule has 3 rings (SSSR count). The number of nitrogens with zero attached hydrogens (tertiary/aromatic N) is 4.